The van der Waals surface area contributed by atoms with Crippen LogP contribution in [-0.4, -0.2) is 25.5 Å². The van der Waals surface area contributed by atoms with Crippen LogP contribution >= 0.6 is 24.8 Å². The van der Waals surface area contributed by atoms with Gasteiger partial charge in [0.05, 0.1) is 0 Å². The first-order valence-electron chi connectivity index (χ1n) is 8.12. The number of nitrogen functional groups attached to an aromatic ring is 1. The van der Waals surface area contributed by atoms with Gasteiger partial charge in [0, 0.05) is 36.6 Å². The molecule has 0 aromatic heterocycles. The summed E-state index contributed by atoms with van der Waals surface area (Å²) in [4.78, 5) is 14.6. The fourth-order valence-corrected chi connectivity index (χ4v) is 3.09. The van der Waals surface area contributed by atoms with E-state index in [1.807, 2.05) is 19.1 Å². The van der Waals surface area contributed by atoms with Crippen molar-refractivity contribution >= 4 is 42.1 Å². The monoisotopic (exact) mass is 381 g/mol. The number of nitrogens with two attached hydrogens (primary N) is 1. The first-order chi connectivity index (χ1) is 11.1. The first kappa shape index (κ1) is 21.1. The van der Waals surface area contributed by atoms with Crippen LogP contribution in [0.1, 0.15) is 27.9 Å². The van der Waals surface area contributed by atoms with E-state index in [4.69, 9.17) is 5.73 Å². The van der Waals surface area contributed by atoms with E-state index in [-0.39, 0.29) is 30.7 Å². The van der Waals surface area contributed by atoms with Gasteiger partial charge in [-0.3, -0.25) is 4.79 Å². The van der Waals surface area contributed by atoms with Crippen LogP contribution in [0.15, 0.2) is 42.5 Å². The summed E-state index contributed by atoms with van der Waals surface area (Å²) in [6, 6.07) is 14.0. The minimum Gasteiger partial charge on any atom is -0.399 e. The molecular formula is C19H25Cl2N3O. The Hall–Kier alpha value is -1.91. The van der Waals surface area contributed by atoms with Crippen LogP contribution in [0.5, 0.6) is 0 Å². The highest BCUT2D eigenvalue weighted by molar-refractivity contribution is 5.96. The van der Waals surface area contributed by atoms with Gasteiger partial charge in [-0.1, -0.05) is 24.3 Å². The second kappa shape index (κ2) is 9.54. The molecule has 0 aliphatic carbocycles. The lowest BCUT2D eigenvalue weighted by Gasteiger charge is -2.19. The largest absolute Gasteiger partial charge is 0.399 e. The van der Waals surface area contributed by atoms with Gasteiger partial charge in [0.1, 0.15) is 0 Å². The van der Waals surface area contributed by atoms with Crippen molar-refractivity contribution < 1.29 is 4.79 Å². The summed E-state index contributed by atoms with van der Waals surface area (Å²) < 4.78 is 0. The van der Waals surface area contributed by atoms with Gasteiger partial charge in [0.25, 0.3) is 5.91 Å². The number of hydrogen-bond acceptors (Lipinski definition) is 3. The average molecular weight is 382 g/mol. The Kier molecular flexibility index (Phi) is 8.07. The second-order valence-corrected chi connectivity index (χ2v) is 6.05. The van der Waals surface area contributed by atoms with E-state index in [2.05, 4.69) is 34.5 Å². The molecule has 136 valence electrons. The van der Waals surface area contributed by atoms with Crippen molar-refractivity contribution in [2.75, 3.05) is 30.3 Å². The molecule has 2 aromatic carbocycles. The van der Waals surface area contributed by atoms with E-state index in [1.165, 1.54) is 11.3 Å². The van der Waals surface area contributed by atoms with Crippen molar-refractivity contribution in [1.82, 2.24) is 5.32 Å². The number of para-hydroxylation sites is 1. The Bertz CT molecular complexity index is 722. The molecule has 25 heavy (non-hydrogen) atoms. The molecule has 1 aliphatic rings. The van der Waals surface area contributed by atoms with E-state index >= 15 is 0 Å². The first-order valence-corrected chi connectivity index (χ1v) is 8.12. The van der Waals surface area contributed by atoms with E-state index in [0.29, 0.717) is 17.8 Å². The van der Waals surface area contributed by atoms with E-state index in [9.17, 15) is 4.79 Å². The smallest absolute Gasteiger partial charge is 0.251 e. The van der Waals surface area contributed by atoms with Crippen molar-refractivity contribution in [2.45, 2.75) is 19.8 Å². The molecule has 1 amide bonds. The third-order valence-electron chi connectivity index (χ3n) is 4.38. The fourth-order valence-electron chi connectivity index (χ4n) is 3.09. The van der Waals surface area contributed by atoms with Crippen LogP contribution < -0.4 is 16.0 Å². The Balaban J connectivity index is 0.00000156. The number of benzene rings is 2. The predicted octanol–water partition coefficient (Wildman–Crippen LogP) is 3.60. The van der Waals surface area contributed by atoms with Gasteiger partial charge in [0.15, 0.2) is 0 Å². The lowest BCUT2D eigenvalue weighted by Crippen LogP contribution is -2.29. The summed E-state index contributed by atoms with van der Waals surface area (Å²) >= 11 is 0. The zero-order valence-corrected chi connectivity index (χ0v) is 16.0. The van der Waals surface area contributed by atoms with Crippen LogP contribution in [-0.2, 0) is 6.42 Å². The number of hydrogen-bond donors (Lipinski definition) is 2. The molecule has 0 radical (unpaired) electrons. The number of carbonyl (C=O) groups excluding carboxylic acids is 1. The van der Waals surface area contributed by atoms with E-state index < -0.39 is 0 Å². The maximum absolute atomic E-state index is 12.2. The Morgan fingerprint density at radius 1 is 1.20 bits per heavy atom. The number of nitrogens with one attached hydrogen (secondary N) is 1. The van der Waals surface area contributed by atoms with Crippen LogP contribution in [0.25, 0.3) is 0 Å². The van der Waals surface area contributed by atoms with E-state index in [0.717, 1.165) is 31.5 Å². The highest BCUT2D eigenvalue weighted by atomic mass is 35.5. The Labute approximate surface area is 161 Å². The number of fused-ring (bicyclic) bond motifs is 1. The number of halogens is 2. The SMILES string of the molecule is Cc1ccc(N)cc1C(=O)NCCCN1CCc2ccccc21.Cl.Cl. The van der Waals surface area contributed by atoms with Crippen LogP contribution in [0.3, 0.4) is 0 Å². The topological polar surface area (TPSA) is 58.4 Å². The lowest BCUT2D eigenvalue weighted by molar-refractivity contribution is 0.0953. The van der Waals surface area contributed by atoms with Gasteiger partial charge in [-0.2, -0.15) is 0 Å². The summed E-state index contributed by atoms with van der Waals surface area (Å²) in [6.07, 6.45) is 2.05. The average Bonchev–Trinajstić information content (AvgIpc) is 2.97. The van der Waals surface area contributed by atoms with Crippen molar-refractivity contribution in [3.8, 4) is 0 Å². The maximum Gasteiger partial charge on any atom is 0.251 e. The maximum atomic E-state index is 12.2. The third-order valence-corrected chi connectivity index (χ3v) is 4.38. The highest BCUT2D eigenvalue weighted by Gasteiger charge is 2.17. The zero-order valence-electron chi connectivity index (χ0n) is 14.3. The molecule has 1 aliphatic heterocycles. The minimum absolute atomic E-state index is 0. The number of nitrogens with zero attached hydrogens (tertiary/aromatic N) is 1. The summed E-state index contributed by atoms with van der Waals surface area (Å²) in [5, 5.41) is 2.99. The third kappa shape index (κ3) is 5.03. The Morgan fingerprint density at radius 2 is 1.96 bits per heavy atom. The molecule has 0 bridgehead atoms. The minimum atomic E-state index is -0.0448. The molecule has 0 saturated heterocycles. The molecule has 0 saturated carbocycles. The number of amides is 1. The van der Waals surface area contributed by atoms with Gasteiger partial charge in [-0.15, -0.1) is 24.8 Å². The molecule has 6 heteroatoms. The molecule has 3 rings (SSSR count). The molecule has 0 atom stereocenters. The van der Waals surface area contributed by atoms with Gasteiger partial charge in [-0.25, -0.2) is 0 Å². The quantitative estimate of drug-likeness (QED) is 0.614. The standard InChI is InChI=1S/C19H23N3O.2ClH/c1-14-7-8-16(20)13-17(14)19(23)21-10-4-11-22-12-9-15-5-2-3-6-18(15)22;;/h2-3,5-8,13H,4,9-12,20H2,1H3,(H,21,23);2*1H. The number of aryl methyl sites for hydroxylation is 1. The number of anilines is 2. The summed E-state index contributed by atoms with van der Waals surface area (Å²) in [7, 11) is 0. The molecular weight excluding hydrogens is 357 g/mol. The van der Waals surface area contributed by atoms with Gasteiger partial charge in [0.2, 0.25) is 0 Å². The predicted molar refractivity (Wildman–Crippen MR) is 109 cm³/mol. The van der Waals surface area contributed by atoms with Crippen LogP contribution in [0.2, 0.25) is 0 Å². The molecule has 2 aromatic rings. The molecule has 3 N–H and O–H groups in total. The van der Waals surface area contributed by atoms with Gasteiger partial charge in [-0.05, 0) is 49.1 Å². The van der Waals surface area contributed by atoms with Crippen molar-refractivity contribution in [1.29, 1.82) is 0 Å². The molecule has 0 fully saturated rings. The van der Waals surface area contributed by atoms with Crippen molar-refractivity contribution in [3.63, 3.8) is 0 Å². The lowest BCUT2D eigenvalue weighted by atomic mass is 10.1. The molecule has 0 spiro atoms. The summed E-state index contributed by atoms with van der Waals surface area (Å²) in [5.74, 6) is -0.0448. The molecule has 0 unspecified atom stereocenters. The fraction of sp³-hybridized carbons (Fsp3) is 0.316. The Morgan fingerprint density at radius 3 is 2.76 bits per heavy atom. The number of rotatable bonds is 5. The van der Waals surface area contributed by atoms with E-state index in [1.54, 1.807) is 6.07 Å². The number of carbonyl (C=O) groups is 1. The zero-order chi connectivity index (χ0) is 16.2. The molecule has 4 nitrogen and oxygen atoms in total. The summed E-state index contributed by atoms with van der Waals surface area (Å²) in [5.41, 5.74) is 10.8. The molecule has 1 heterocycles. The second-order valence-electron chi connectivity index (χ2n) is 6.05. The normalized spacial score (nSPS) is 12.0. The highest BCUT2D eigenvalue weighted by Crippen LogP contribution is 2.27. The van der Waals surface area contributed by atoms with Crippen molar-refractivity contribution in [2.24, 2.45) is 0 Å². The van der Waals surface area contributed by atoms with Gasteiger partial charge < -0.3 is 16.0 Å². The van der Waals surface area contributed by atoms with Gasteiger partial charge >= 0.3 is 0 Å². The van der Waals surface area contributed by atoms with Crippen LogP contribution in [0, 0.1) is 6.92 Å². The van der Waals surface area contributed by atoms with Crippen molar-refractivity contribution in [3.05, 3.63) is 59.2 Å². The van der Waals surface area contributed by atoms with Crippen LogP contribution in [0.4, 0.5) is 11.4 Å². The summed E-state index contributed by atoms with van der Waals surface area (Å²) in [6.45, 7) is 4.63.